The van der Waals surface area contributed by atoms with Gasteiger partial charge in [0.1, 0.15) is 0 Å². The number of piperazine rings is 1. The topological polar surface area (TPSA) is 32.5 Å². The molecule has 1 unspecified atom stereocenters. The van der Waals surface area contributed by atoms with Gasteiger partial charge in [0, 0.05) is 38.8 Å². The van der Waals surface area contributed by atoms with E-state index in [1.165, 1.54) is 52.1 Å². The molecule has 1 saturated carbocycles. The van der Waals surface area contributed by atoms with Crippen molar-refractivity contribution < 1.29 is 0 Å². The fourth-order valence-electron chi connectivity index (χ4n) is 3.10. The van der Waals surface area contributed by atoms with Gasteiger partial charge in [-0.05, 0) is 43.6 Å². The number of hydrogen-bond acceptors (Lipinski definition) is 3. The van der Waals surface area contributed by atoms with E-state index >= 15 is 0 Å². The average molecular weight is 267 g/mol. The van der Waals surface area contributed by atoms with E-state index in [4.69, 9.17) is 5.73 Å². The molecule has 2 fully saturated rings. The molecule has 2 aliphatic rings. The number of rotatable bonds is 6. The van der Waals surface area contributed by atoms with Crippen LogP contribution in [0.4, 0.5) is 0 Å². The fourth-order valence-corrected chi connectivity index (χ4v) is 3.10. The highest BCUT2D eigenvalue weighted by Crippen LogP contribution is 2.30. The predicted molar refractivity (Wildman–Crippen MR) is 82.3 cm³/mol. The Balaban J connectivity index is 1.57. The maximum Gasteiger partial charge on any atom is 0.0110 e. The summed E-state index contributed by atoms with van der Waals surface area (Å²) in [6.45, 7) is 14.4. The second kappa shape index (κ2) is 6.55. The van der Waals surface area contributed by atoms with Crippen LogP contribution in [0.2, 0.25) is 0 Å². The average Bonchev–Trinajstić information content (AvgIpc) is 3.10. The Labute approximate surface area is 119 Å². The number of nitrogens with two attached hydrogens (primary N) is 1. The van der Waals surface area contributed by atoms with Crippen molar-refractivity contribution in [3.05, 3.63) is 0 Å². The van der Waals surface area contributed by atoms with E-state index < -0.39 is 0 Å². The first-order valence-corrected chi connectivity index (χ1v) is 8.13. The fraction of sp³-hybridized carbons (Fsp3) is 1.00. The van der Waals surface area contributed by atoms with Crippen LogP contribution in [0.25, 0.3) is 0 Å². The first-order chi connectivity index (χ1) is 8.92. The molecule has 0 amide bonds. The zero-order chi connectivity index (χ0) is 13.9. The van der Waals surface area contributed by atoms with Crippen LogP contribution in [-0.2, 0) is 0 Å². The van der Waals surface area contributed by atoms with E-state index in [-0.39, 0.29) is 0 Å². The van der Waals surface area contributed by atoms with Crippen LogP contribution in [0.5, 0.6) is 0 Å². The third kappa shape index (κ3) is 6.24. The summed E-state index contributed by atoms with van der Waals surface area (Å²) in [5, 5.41) is 0. The molecular formula is C16H33N3. The molecule has 0 bridgehead atoms. The van der Waals surface area contributed by atoms with Gasteiger partial charge in [-0.1, -0.05) is 20.8 Å². The van der Waals surface area contributed by atoms with E-state index in [0.717, 1.165) is 18.8 Å². The van der Waals surface area contributed by atoms with E-state index in [2.05, 4.69) is 30.6 Å². The summed E-state index contributed by atoms with van der Waals surface area (Å²) in [4.78, 5) is 5.26. The van der Waals surface area contributed by atoms with Gasteiger partial charge < -0.3 is 15.5 Å². The normalized spacial score (nSPS) is 24.6. The molecule has 0 aromatic carbocycles. The van der Waals surface area contributed by atoms with Crippen LogP contribution in [0.3, 0.4) is 0 Å². The van der Waals surface area contributed by atoms with Crippen molar-refractivity contribution >= 4 is 0 Å². The van der Waals surface area contributed by atoms with Crippen LogP contribution in [0.1, 0.15) is 46.5 Å². The minimum absolute atomic E-state index is 0.363. The second-order valence-corrected chi connectivity index (χ2v) is 7.90. The Morgan fingerprint density at radius 3 is 2.16 bits per heavy atom. The molecule has 1 atom stereocenters. The maximum atomic E-state index is 6.24. The van der Waals surface area contributed by atoms with Gasteiger partial charge >= 0.3 is 0 Å². The quantitative estimate of drug-likeness (QED) is 0.800. The van der Waals surface area contributed by atoms with Crippen LogP contribution in [0, 0.1) is 11.3 Å². The van der Waals surface area contributed by atoms with Crippen LogP contribution < -0.4 is 5.73 Å². The van der Waals surface area contributed by atoms with Gasteiger partial charge in [-0.3, -0.25) is 0 Å². The molecule has 1 heterocycles. The molecule has 112 valence electrons. The van der Waals surface area contributed by atoms with Crippen LogP contribution in [-0.4, -0.2) is 55.1 Å². The first-order valence-electron chi connectivity index (χ1n) is 8.13. The van der Waals surface area contributed by atoms with Crippen molar-refractivity contribution in [1.82, 2.24) is 9.80 Å². The molecule has 1 saturated heterocycles. The summed E-state index contributed by atoms with van der Waals surface area (Å²) < 4.78 is 0. The molecule has 1 aliphatic carbocycles. The zero-order valence-corrected chi connectivity index (χ0v) is 13.2. The van der Waals surface area contributed by atoms with E-state index in [1.54, 1.807) is 0 Å². The predicted octanol–water partition coefficient (Wildman–Crippen LogP) is 2.17. The molecule has 0 aromatic heterocycles. The highest BCUT2D eigenvalue weighted by atomic mass is 15.3. The molecule has 0 radical (unpaired) electrons. The third-order valence-electron chi connectivity index (χ3n) is 4.37. The van der Waals surface area contributed by atoms with Crippen molar-refractivity contribution in [3.63, 3.8) is 0 Å². The molecule has 3 heteroatoms. The summed E-state index contributed by atoms with van der Waals surface area (Å²) in [6, 6.07) is 0.365. The molecule has 2 rings (SSSR count). The van der Waals surface area contributed by atoms with Crippen molar-refractivity contribution in [3.8, 4) is 0 Å². The van der Waals surface area contributed by atoms with Crippen molar-refractivity contribution in [2.75, 3.05) is 39.3 Å². The van der Waals surface area contributed by atoms with E-state index in [9.17, 15) is 0 Å². The molecule has 0 aromatic rings. The monoisotopic (exact) mass is 267 g/mol. The summed E-state index contributed by atoms with van der Waals surface area (Å²) in [6.07, 6.45) is 5.23. The highest BCUT2D eigenvalue weighted by Gasteiger charge is 2.26. The summed E-state index contributed by atoms with van der Waals surface area (Å²) >= 11 is 0. The zero-order valence-electron chi connectivity index (χ0n) is 13.2. The summed E-state index contributed by atoms with van der Waals surface area (Å²) in [7, 11) is 0. The SMILES string of the molecule is CC(C)(C)CC(N)CCN1CCN(CC2CC2)CC1. The Morgan fingerprint density at radius 2 is 1.63 bits per heavy atom. The molecule has 3 nitrogen and oxygen atoms in total. The lowest BCUT2D eigenvalue weighted by Gasteiger charge is -2.35. The van der Waals surface area contributed by atoms with Gasteiger partial charge in [0.15, 0.2) is 0 Å². The third-order valence-corrected chi connectivity index (χ3v) is 4.37. The van der Waals surface area contributed by atoms with Gasteiger partial charge in [0.25, 0.3) is 0 Å². The van der Waals surface area contributed by atoms with Gasteiger partial charge in [0.2, 0.25) is 0 Å². The smallest absolute Gasteiger partial charge is 0.0110 e. The summed E-state index contributed by atoms with van der Waals surface area (Å²) in [5.41, 5.74) is 6.60. The lowest BCUT2D eigenvalue weighted by molar-refractivity contribution is 0.124. The Bertz CT molecular complexity index is 260. The Kier molecular flexibility index (Phi) is 5.27. The minimum atomic E-state index is 0.363. The van der Waals surface area contributed by atoms with Gasteiger partial charge in [0.05, 0.1) is 0 Å². The largest absolute Gasteiger partial charge is 0.328 e. The summed E-state index contributed by atoms with van der Waals surface area (Å²) in [5.74, 6) is 1.03. The van der Waals surface area contributed by atoms with E-state index in [1.807, 2.05) is 0 Å². The van der Waals surface area contributed by atoms with Gasteiger partial charge in [-0.15, -0.1) is 0 Å². The Morgan fingerprint density at radius 1 is 1.05 bits per heavy atom. The number of nitrogens with zero attached hydrogens (tertiary/aromatic N) is 2. The standard InChI is InChI=1S/C16H33N3/c1-16(2,3)12-15(17)6-7-18-8-10-19(11-9-18)13-14-4-5-14/h14-15H,4-13,17H2,1-3H3. The van der Waals surface area contributed by atoms with Crippen molar-refractivity contribution in [1.29, 1.82) is 0 Å². The highest BCUT2D eigenvalue weighted by molar-refractivity contribution is 4.81. The van der Waals surface area contributed by atoms with Crippen molar-refractivity contribution in [2.45, 2.75) is 52.5 Å². The molecule has 2 N–H and O–H groups in total. The lowest BCUT2D eigenvalue weighted by Crippen LogP contribution is -2.47. The number of hydrogen-bond donors (Lipinski definition) is 1. The van der Waals surface area contributed by atoms with E-state index in [0.29, 0.717) is 11.5 Å². The second-order valence-electron chi connectivity index (χ2n) is 7.90. The molecule has 1 aliphatic heterocycles. The van der Waals surface area contributed by atoms with Gasteiger partial charge in [-0.25, -0.2) is 0 Å². The van der Waals surface area contributed by atoms with Crippen molar-refractivity contribution in [2.24, 2.45) is 17.1 Å². The minimum Gasteiger partial charge on any atom is -0.328 e. The van der Waals surface area contributed by atoms with Crippen LogP contribution in [0.15, 0.2) is 0 Å². The molecule has 19 heavy (non-hydrogen) atoms. The van der Waals surface area contributed by atoms with Gasteiger partial charge in [-0.2, -0.15) is 0 Å². The maximum absolute atomic E-state index is 6.24. The lowest BCUT2D eigenvalue weighted by atomic mass is 9.87. The Hall–Kier alpha value is -0.120. The molecular weight excluding hydrogens is 234 g/mol. The molecule has 0 spiro atoms. The first kappa shape index (κ1) is 15.3. The van der Waals surface area contributed by atoms with Crippen LogP contribution >= 0.6 is 0 Å².